The summed E-state index contributed by atoms with van der Waals surface area (Å²) in [7, 11) is 1.55. The van der Waals surface area contributed by atoms with Crippen LogP contribution in [0, 0.1) is 32.1 Å². The summed E-state index contributed by atoms with van der Waals surface area (Å²) in [6, 6.07) is 20.9. The molecule has 0 unspecified atom stereocenters. The van der Waals surface area contributed by atoms with Gasteiger partial charge in [0, 0.05) is 47.0 Å². The predicted octanol–water partition coefficient (Wildman–Crippen LogP) is 11.9. The number of fused-ring (bicyclic) bond motifs is 1. The number of halogens is 6. The Kier molecular flexibility index (Phi) is 8.42. The van der Waals surface area contributed by atoms with E-state index in [0.717, 1.165) is 28.2 Å². The van der Waals surface area contributed by atoms with Crippen LogP contribution in [0.4, 0.5) is 26.3 Å². The normalized spacial score (nSPS) is 16.8. The maximum atomic E-state index is 16.0. The summed E-state index contributed by atoms with van der Waals surface area (Å²) < 4.78 is 100. The van der Waals surface area contributed by atoms with E-state index >= 15 is 26.3 Å². The summed E-state index contributed by atoms with van der Waals surface area (Å²) in [6.07, 6.45) is 6.85. The highest BCUT2D eigenvalue weighted by molar-refractivity contribution is 7.19. The molecule has 6 rings (SSSR count). The second-order valence-electron chi connectivity index (χ2n) is 11.5. The maximum Gasteiger partial charge on any atom is 0.380 e. The summed E-state index contributed by atoms with van der Waals surface area (Å²) in [6.45, 7) is 4.44. The van der Waals surface area contributed by atoms with Gasteiger partial charge in [-0.2, -0.15) is 31.6 Å². The third-order valence-electron chi connectivity index (χ3n) is 8.47. The first-order chi connectivity index (χ1) is 22.7. The Balaban J connectivity index is 1.52. The van der Waals surface area contributed by atoms with Gasteiger partial charge in [0.1, 0.15) is 5.75 Å². The lowest BCUT2D eigenvalue weighted by atomic mass is 9.90. The van der Waals surface area contributed by atoms with Crippen molar-refractivity contribution in [1.82, 2.24) is 0 Å². The topological polar surface area (TPSA) is 33.0 Å². The number of allylic oxidation sites excluding steroid dienone is 2. The van der Waals surface area contributed by atoms with Gasteiger partial charge in [0.25, 0.3) is 0 Å². The van der Waals surface area contributed by atoms with Crippen molar-refractivity contribution in [2.75, 3.05) is 7.11 Å². The molecule has 0 saturated heterocycles. The molecule has 48 heavy (non-hydrogen) atoms. The van der Waals surface area contributed by atoms with Crippen LogP contribution in [0.2, 0.25) is 0 Å². The van der Waals surface area contributed by atoms with E-state index in [1.54, 1.807) is 86.0 Å². The molecule has 244 valence electrons. The van der Waals surface area contributed by atoms with Crippen molar-refractivity contribution in [2.45, 2.75) is 38.5 Å². The number of nitrogens with zero attached hydrogens (tertiary/aromatic N) is 1. The third-order valence-corrected chi connectivity index (χ3v) is 10.7. The molecule has 3 aromatic carbocycles. The number of methoxy groups -OCH3 is 1. The zero-order valence-electron chi connectivity index (χ0n) is 26.1. The van der Waals surface area contributed by atoms with E-state index in [4.69, 9.17) is 10.00 Å². The molecule has 0 radical (unpaired) electrons. The minimum atomic E-state index is -5.67. The van der Waals surface area contributed by atoms with Gasteiger partial charge in [0.2, 0.25) is 0 Å². The molecule has 1 aliphatic rings. The number of rotatable bonds is 7. The molecule has 2 aromatic heterocycles. The van der Waals surface area contributed by atoms with E-state index in [1.165, 1.54) is 20.8 Å². The maximum absolute atomic E-state index is 16.0. The van der Waals surface area contributed by atoms with Gasteiger partial charge in [-0.3, -0.25) is 0 Å². The highest BCUT2D eigenvalue weighted by Gasteiger charge is 2.80. The monoisotopic (exact) mass is 691 g/mol. The Labute approximate surface area is 281 Å². The first-order valence-electron chi connectivity index (χ1n) is 14.7. The van der Waals surface area contributed by atoms with Crippen LogP contribution in [-0.4, -0.2) is 24.9 Å². The van der Waals surface area contributed by atoms with Crippen molar-refractivity contribution in [1.29, 1.82) is 5.26 Å². The lowest BCUT2D eigenvalue weighted by molar-refractivity contribution is -0.254. The molecular formula is C38H27F6NOS2. The van der Waals surface area contributed by atoms with Crippen LogP contribution in [0.15, 0.2) is 66.7 Å². The van der Waals surface area contributed by atoms with Crippen LogP contribution in [0.25, 0.3) is 45.5 Å². The summed E-state index contributed by atoms with van der Waals surface area (Å²) in [5, 5.41) is 9.24. The summed E-state index contributed by atoms with van der Waals surface area (Å²) in [5.41, 5.74) is -0.510. The molecule has 0 N–H and O–H groups in total. The molecule has 2 nitrogen and oxygen atoms in total. The lowest BCUT2D eigenvalue weighted by Gasteiger charge is -2.26. The number of nitriles is 1. The van der Waals surface area contributed by atoms with Crippen LogP contribution in [0.3, 0.4) is 0 Å². The van der Waals surface area contributed by atoms with Gasteiger partial charge in [-0.15, -0.1) is 22.7 Å². The quantitative estimate of drug-likeness (QED) is 0.126. The van der Waals surface area contributed by atoms with Crippen molar-refractivity contribution < 1.29 is 31.1 Å². The minimum Gasteiger partial charge on any atom is -0.497 e. The number of ether oxygens (including phenoxy) is 1. The van der Waals surface area contributed by atoms with Gasteiger partial charge in [-0.05, 0) is 85.5 Å². The molecule has 0 fully saturated rings. The van der Waals surface area contributed by atoms with E-state index < -0.39 is 28.9 Å². The molecule has 0 amide bonds. The molecular weight excluding hydrogens is 665 g/mol. The van der Waals surface area contributed by atoms with Crippen molar-refractivity contribution in [2.24, 2.45) is 0 Å². The smallest absolute Gasteiger partial charge is 0.380 e. The van der Waals surface area contributed by atoms with E-state index in [2.05, 4.69) is 0 Å². The van der Waals surface area contributed by atoms with Gasteiger partial charge in [0.15, 0.2) is 0 Å². The van der Waals surface area contributed by atoms with E-state index in [0.29, 0.717) is 32.0 Å². The molecule has 5 aromatic rings. The van der Waals surface area contributed by atoms with Crippen molar-refractivity contribution >= 4 is 68.2 Å². The Morgan fingerprint density at radius 1 is 0.667 bits per heavy atom. The number of aryl methyl sites for hydroxylation is 2. The number of benzene rings is 3. The average molecular weight is 692 g/mol. The number of hydrogen-bond donors (Lipinski definition) is 0. The van der Waals surface area contributed by atoms with Crippen LogP contribution >= 0.6 is 22.7 Å². The molecule has 0 spiro atoms. The Morgan fingerprint density at radius 3 is 1.79 bits per heavy atom. The van der Waals surface area contributed by atoms with Crippen molar-refractivity contribution in [3.05, 3.63) is 120 Å². The molecule has 0 atom stereocenters. The Bertz CT molecular complexity index is 2180. The SMILES string of the molecule is COc1ccc(C=Cc2ccc3sc(C)c(C4=C(c5c(C)sc(C=Cc6ccc(C#N)cc6)c5C)C(F)(F)C(F)(F)C4(F)F)c3c2)cc1. The van der Waals surface area contributed by atoms with Crippen LogP contribution in [0.1, 0.15) is 53.6 Å². The van der Waals surface area contributed by atoms with Gasteiger partial charge in [0.05, 0.1) is 18.7 Å². The molecule has 0 aliphatic heterocycles. The second kappa shape index (κ2) is 12.1. The largest absolute Gasteiger partial charge is 0.497 e. The standard InChI is InChI=1S/C38H27F6NOS2/c1-21-30(17-13-24-6-9-27(20-45)10-7-24)47-22(2)32(21)34-35(37(41,42)38(43,44)36(34,39)40)33-23(3)48-31-18-14-26(19-29(31)33)8-5-25-11-15-28(46-4)16-12-25/h5-19H,1-4H3. The lowest BCUT2D eigenvalue weighted by Crippen LogP contribution is -2.49. The van der Waals surface area contributed by atoms with Gasteiger partial charge >= 0.3 is 17.8 Å². The van der Waals surface area contributed by atoms with Gasteiger partial charge < -0.3 is 4.74 Å². The van der Waals surface area contributed by atoms with Crippen molar-refractivity contribution in [3.8, 4) is 11.8 Å². The van der Waals surface area contributed by atoms with Gasteiger partial charge in [-0.1, -0.05) is 48.6 Å². The number of alkyl halides is 6. The molecule has 10 heteroatoms. The Hall–Kier alpha value is -4.59. The molecule has 2 heterocycles. The van der Waals surface area contributed by atoms with Crippen LogP contribution in [0.5, 0.6) is 5.75 Å². The molecule has 1 aliphatic carbocycles. The predicted molar refractivity (Wildman–Crippen MR) is 184 cm³/mol. The van der Waals surface area contributed by atoms with E-state index in [1.807, 2.05) is 18.2 Å². The first-order valence-corrected chi connectivity index (χ1v) is 16.4. The van der Waals surface area contributed by atoms with E-state index in [9.17, 15) is 0 Å². The average Bonchev–Trinajstić information content (AvgIpc) is 3.57. The minimum absolute atomic E-state index is 0.196. The Morgan fingerprint density at radius 2 is 1.19 bits per heavy atom. The number of hydrogen-bond acceptors (Lipinski definition) is 4. The molecule has 0 bridgehead atoms. The van der Waals surface area contributed by atoms with Crippen LogP contribution < -0.4 is 4.74 Å². The molecule has 0 saturated carbocycles. The third kappa shape index (κ3) is 5.35. The van der Waals surface area contributed by atoms with E-state index in [-0.39, 0.29) is 31.8 Å². The highest BCUT2D eigenvalue weighted by Crippen LogP contribution is 2.66. The fourth-order valence-corrected chi connectivity index (χ4v) is 8.12. The number of thiophene rings is 2. The summed E-state index contributed by atoms with van der Waals surface area (Å²) in [5.74, 6) is -15.3. The van der Waals surface area contributed by atoms with Crippen LogP contribution in [-0.2, 0) is 0 Å². The summed E-state index contributed by atoms with van der Waals surface area (Å²) in [4.78, 5) is 0.910. The zero-order valence-corrected chi connectivity index (χ0v) is 27.7. The first kappa shape index (κ1) is 33.3. The fraction of sp³-hybridized carbons (Fsp3) is 0.184. The highest BCUT2D eigenvalue weighted by atomic mass is 32.1. The summed E-state index contributed by atoms with van der Waals surface area (Å²) >= 11 is 2.15. The zero-order chi connectivity index (χ0) is 34.6. The fourth-order valence-electron chi connectivity index (χ4n) is 5.99. The second-order valence-corrected chi connectivity index (χ2v) is 14.0. The van der Waals surface area contributed by atoms with Gasteiger partial charge in [-0.25, -0.2) is 0 Å². The van der Waals surface area contributed by atoms with Crippen molar-refractivity contribution in [3.63, 3.8) is 0 Å².